The van der Waals surface area contributed by atoms with Crippen LogP contribution in [-0.2, 0) is 22.6 Å². The fraction of sp³-hybridized carbons (Fsp3) is 0.273. The molecule has 10 nitrogen and oxygen atoms in total. The van der Waals surface area contributed by atoms with Crippen molar-refractivity contribution in [2.24, 2.45) is 7.05 Å². The van der Waals surface area contributed by atoms with Crippen LogP contribution in [0.15, 0.2) is 59.9 Å². The second kappa shape index (κ2) is 11.3. The van der Waals surface area contributed by atoms with Crippen LogP contribution >= 0.6 is 0 Å². The summed E-state index contributed by atoms with van der Waals surface area (Å²) in [5, 5.41) is 13.2. The number of aromatic nitrogens is 4. The van der Waals surface area contributed by atoms with E-state index in [0.29, 0.717) is 34.6 Å². The molecule has 3 N–H and O–H groups in total. The number of aryl methyl sites for hydroxylation is 1. The number of nitrogens with one attached hydrogen (secondary N) is 3. The molecule has 0 aliphatic carbocycles. The molecular formula is C22H28N8O2S. The molecule has 0 spiro atoms. The van der Waals surface area contributed by atoms with Crippen molar-refractivity contribution < 1.29 is 9.00 Å². The summed E-state index contributed by atoms with van der Waals surface area (Å²) in [6.45, 7) is 3.67. The minimum atomic E-state index is -1.30. The molecule has 1 amide bonds. The largest absolute Gasteiger partial charge is 0.339 e. The molecule has 1 atom stereocenters. The van der Waals surface area contributed by atoms with Crippen LogP contribution in [0.4, 0.5) is 28.8 Å². The average Bonchev–Trinajstić information content (AvgIpc) is 3.18. The minimum absolute atomic E-state index is 0.211. The summed E-state index contributed by atoms with van der Waals surface area (Å²) in [6.07, 6.45) is 9.88. The number of carbonyl (C=O) groups is 1. The van der Waals surface area contributed by atoms with Crippen LogP contribution in [0.2, 0.25) is 0 Å². The highest BCUT2D eigenvalue weighted by Gasteiger charge is 2.12. The molecular weight excluding hydrogens is 440 g/mol. The van der Waals surface area contributed by atoms with Gasteiger partial charge in [0.25, 0.3) is 0 Å². The van der Waals surface area contributed by atoms with E-state index in [1.165, 1.54) is 12.3 Å². The van der Waals surface area contributed by atoms with Crippen molar-refractivity contribution in [2.75, 3.05) is 42.3 Å². The molecule has 0 aliphatic heterocycles. The van der Waals surface area contributed by atoms with E-state index in [-0.39, 0.29) is 5.91 Å². The predicted molar refractivity (Wildman–Crippen MR) is 132 cm³/mol. The smallest absolute Gasteiger partial charge is 0.248 e. The Hall–Kier alpha value is -3.57. The number of likely N-dealkylation sites (N-methyl/N-ethyl adjacent to an activating group) is 1. The molecule has 0 bridgehead atoms. The summed E-state index contributed by atoms with van der Waals surface area (Å²) in [5.74, 6) is 0.534. The standard InChI is InChI=1S/C22H28N8O2S/c1-5-29(2)11-7-10-20(31)25-16-8-6-9-17(12-16)26-21-19(33(4)32)14-23-22(28-21)27-18-13-24-30(3)15-18/h6-10,12-15H,5,11H2,1-4H3,(H,25,31)(H2,23,26,27,28)/b10-7+. The van der Waals surface area contributed by atoms with Crippen LogP contribution in [0.5, 0.6) is 0 Å². The van der Waals surface area contributed by atoms with Gasteiger partial charge in [-0.2, -0.15) is 10.1 Å². The topological polar surface area (TPSA) is 117 Å². The molecule has 2 aromatic heterocycles. The van der Waals surface area contributed by atoms with Crippen LogP contribution in [0.1, 0.15) is 6.92 Å². The summed E-state index contributed by atoms with van der Waals surface area (Å²) in [4.78, 5) is 23.5. The number of hydrogen-bond acceptors (Lipinski definition) is 8. The molecule has 2 heterocycles. The molecule has 3 rings (SSSR count). The van der Waals surface area contributed by atoms with E-state index in [2.05, 4.69) is 42.8 Å². The van der Waals surface area contributed by atoms with Gasteiger partial charge in [-0.15, -0.1) is 0 Å². The van der Waals surface area contributed by atoms with E-state index in [1.54, 1.807) is 35.5 Å². The first-order valence-electron chi connectivity index (χ1n) is 10.3. The lowest BCUT2D eigenvalue weighted by Gasteiger charge is -2.12. The lowest BCUT2D eigenvalue weighted by atomic mass is 10.2. The van der Waals surface area contributed by atoms with Crippen LogP contribution in [0.3, 0.4) is 0 Å². The van der Waals surface area contributed by atoms with Crippen LogP contribution < -0.4 is 16.0 Å². The summed E-state index contributed by atoms with van der Waals surface area (Å²) < 4.78 is 13.9. The van der Waals surface area contributed by atoms with Crippen LogP contribution in [0.25, 0.3) is 0 Å². The number of rotatable bonds is 10. The molecule has 0 saturated heterocycles. The molecule has 0 saturated carbocycles. The lowest BCUT2D eigenvalue weighted by Crippen LogP contribution is -2.17. The fourth-order valence-corrected chi connectivity index (χ4v) is 3.38. The Morgan fingerprint density at radius 1 is 1.21 bits per heavy atom. The molecule has 3 aromatic rings. The van der Waals surface area contributed by atoms with E-state index >= 15 is 0 Å². The van der Waals surface area contributed by atoms with Crippen molar-refractivity contribution in [3.8, 4) is 0 Å². The fourth-order valence-electron chi connectivity index (χ4n) is 2.81. The average molecular weight is 469 g/mol. The van der Waals surface area contributed by atoms with Gasteiger partial charge in [0.1, 0.15) is 0 Å². The Balaban J connectivity index is 1.74. The first-order chi connectivity index (χ1) is 15.8. The van der Waals surface area contributed by atoms with Gasteiger partial charge in [0.2, 0.25) is 11.9 Å². The molecule has 1 aromatic carbocycles. The van der Waals surface area contributed by atoms with Gasteiger partial charge < -0.3 is 20.9 Å². The third-order valence-electron chi connectivity index (χ3n) is 4.64. The predicted octanol–water partition coefficient (Wildman–Crippen LogP) is 2.88. The van der Waals surface area contributed by atoms with Gasteiger partial charge in [-0.3, -0.25) is 13.7 Å². The zero-order valence-electron chi connectivity index (χ0n) is 19.1. The third-order valence-corrected chi connectivity index (χ3v) is 5.56. The van der Waals surface area contributed by atoms with E-state index in [1.807, 2.05) is 32.3 Å². The van der Waals surface area contributed by atoms with Gasteiger partial charge in [0.05, 0.1) is 33.8 Å². The Morgan fingerprint density at radius 3 is 2.70 bits per heavy atom. The van der Waals surface area contributed by atoms with Crippen molar-refractivity contribution in [1.29, 1.82) is 0 Å². The normalized spacial score (nSPS) is 12.2. The van der Waals surface area contributed by atoms with Gasteiger partial charge in [0.15, 0.2) is 5.82 Å². The van der Waals surface area contributed by atoms with Gasteiger partial charge in [0, 0.05) is 43.5 Å². The van der Waals surface area contributed by atoms with Crippen LogP contribution in [-0.4, -0.2) is 61.2 Å². The number of anilines is 5. The van der Waals surface area contributed by atoms with Gasteiger partial charge in [-0.1, -0.05) is 19.1 Å². The molecule has 1 unspecified atom stereocenters. The Bertz CT molecular complexity index is 1160. The molecule has 0 radical (unpaired) electrons. The monoisotopic (exact) mass is 468 g/mol. The molecule has 174 valence electrons. The highest BCUT2D eigenvalue weighted by Crippen LogP contribution is 2.25. The summed E-state index contributed by atoms with van der Waals surface area (Å²) in [5.41, 5.74) is 2.04. The lowest BCUT2D eigenvalue weighted by molar-refractivity contribution is -0.111. The number of amides is 1. The maximum atomic E-state index is 12.2. The highest BCUT2D eigenvalue weighted by molar-refractivity contribution is 7.84. The summed E-state index contributed by atoms with van der Waals surface area (Å²) in [6, 6.07) is 7.22. The SMILES string of the molecule is CCN(C)C/C=C/C(=O)Nc1cccc(Nc2nc(Nc3cnn(C)c3)ncc2S(C)=O)c1. The van der Waals surface area contributed by atoms with Gasteiger partial charge in [-0.25, -0.2) is 4.98 Å². The Labute approximate surface area is 195 Å². The first-order valence-corrected chi connectivity index (χ1v) is 11.9. The van der Waals surface area contributed by atoms with Crippen molar-refractivity contribution in [2.45, 2.75) is 11.8 Å². The number of carbonyl (C=O) groups excluding carboxylic acids is 1. The van der Waals surface area contributed by atoms with E-state index in [9.17, 15) is 9.00 Å². The van der Waals surface area contributed by atoms with E-state index < -0.39 is 10.8 Å². The zero-order valence-corrected chi connectivity index (χ0v) is 19.9. The molecule has 33 heavy (non-hydrogen) atoms. The zero-order chi connectivity index (χ0) is 23.8. The number of hydrogen-bond donors (Lipinski definition) is 3. The summed E-state index contributed by atoms with van der Waals surface area (Å²) in [7, 11) is 2.50. The highest BCUT2D eigenvalue weighted by atomic mass is 32.2. The number of nitrogens with zero attached hydrogens (tertiary/aromatic N) is 5. The summed E-state index contributed by atoms with van der Waals surface area (Å²) >= 11 is 0. The number of benzene rings is 1. The molecule has 0 aliphatic rings. The maximum Gasteiger partial charge on any atom is 0.248 e. The molecule has 11 heteroatoms. The van der Waals surface area contributed by atoms with E-state index in [0.717, 1.165) is 12.2 Å². The first kappa shape index (κ1) is 24.1. The van der Waals surface area contributed by atoms with Crippen molar-refractivity contribution in [3.05, 3.63) is 55.0 Å². The second-order valence-corrected chi connectivity index (χ2v) is 8.69. The van der Waals surface area contributed by atoms with Crippen molar-refractivity contribution in [1.82, 2.24) is 24.6 Å². The molecule has 0 fully saturated rings. The second-order valence-electron chi connectivity index (χ2n) is 7.34. The third kappa shape index (κ3) is 7.22. The Kier molecular flexibility index (Phi) is 8.28. The van der Waals surface area contributed by atoms with Gasteiger partial charge >= 0.3 is 0 Å². The maximum absolute atomic E-state index is 12.2. The minimum Gasteiger partial charge on any atom is -0.339 e. The van der Waals surface area contributed by atoms with Crippen LogP contribution in [0, 0.1) is 0 Å². The van der Waals surface area contributed by atoms with Crippen molar-refractivity contribution >= 4 is 45.5 Å². The quantitative estimate of drug-likeness (QED) is 0.389. The van der Waals surface area contributed by atoms with Gasteiger partial charge in [-0.05, 0) is 31.8 Å². The Morgan fingerprint density at radius 2 is 2.00 bits per heavy atom. The van der Waals surface area contributed by atoms with Crippen molar-refractivity contribution in [3.63, 3.8) is 0 Å². The van der Waals surface area contributed by atoms with E-state index in [4.69, 9.17) is 0 Å².